The smallest absolute Gasteiger partial charge is 0.258 e. The average Bonchev–Trinajstić information content (AvgIpc) is 2.11. The van der Waals surface area contributed by atoms with Gasteiger partial charge >= 0.3 is 5.66 Å². The van der Waals surface area contributed by atoms with Crippen molar-refractivity contribution in [2.75, 3.05) is 0 Å². The van der Waals surface area contributed by atoms with Crippen LogP contribution in [0.25, 0.3) is 0 Å². The number of rotatable bonds is 7. The molecule has 0 radical (unpaired) electrons. The average molecular weight is 204 g/mol. The van der Waals surface area contributed by atoms with Gasteiger partial charge in [0.05, 0.1) is 22.7 Å². The summed E-state index contributed by atoms with van der Waals surface area (Å²) >= 11 is 0. The van der Waals surface area contributed by atoms with Gasteiger partial charge in [0, 0.05) is 0 Å². The Hall–Kier alpha value is -1.20. The molecule has 14 heavy (non-hydrogen) atoms. The zero-order valence-electron chi connectivity index (χ0n) is 8.56. The molecule has 0 saturated carbocycles. The third-order valence-corrected chi connectivity index (χ3v) is 2.26. The van der Waals surface area contributed by atoms with Gasteiger partial charge in [-0.15, -0.1) is 0 Å². The third kappa shape index (κ3) is 2.65. The minimum atomic E-state index is -1.95. The van der Waals surface area contributed by atoms with Crippen LogP contribution in [0.3, 0.4) is 0 Å². The Bertz CT molecular complexity index is 203. The molecule has 0 saturated heterocycles. The molecular weight excluding hydrogens is 188 g/mol. The largest absolute Gasteiger partial charge is 0.458 e. The maximum atomic E-state index is 10.7. The van der Waals surface area contributed by atoms with E-state index in [4.69, 9.17) is 0 Å². The second kappa shape index (κ2) is 5.51. The van der Waals surface area contributed by atoms with Crippen LogP contribution in [0.2, 0.25) is 0 Å². The first-order valence-corrected chi connectivity index (χ1v) is 4.80. The summed E-state index contributed by atoms with van der Waals surface area (Å²) in [6, 6.07) is 0. The SMILES string of the molecule is CCCCC(CCC)([N+](=O)[O-])[N+](=O)[O-]. The van der Waals surface area contributed by atoms with E-state index < -0.39 is 15.5 Å². The molecule has 0 unspecified atom stereocenters. The van der Waals surface area contributed by atoms with Gasteiger partial charge in [0.2, 0.25) is 0 Å². The molecule has 0 N–H and O–H groups in total. The van der Waals surface area contributed by atoms with Gasteiger partial charge in [-0.3, -0.25) is 20.2 Å². The lowest BCUT2D eigenvalue weighted by atomic mass is 9.99. The number of nitrogens with zero attached hydrogens (tertiary/aromatic N) is 2. The molecule has 0 aliphatic heterocycles. The van der Waals surface area contributed by atoms with Gasteiger partial charge in [-0.2, -0.15) is 0 Å². The second-order valence-electron chi connectivity index (χ2n) is 3.35. The molecule has 0 fully saturated rings. The van der Waals surface area contributed by atoms with Crippen LogP contribution < -0.4 is 0 Å². The number of unbranched alkanes of at least 4 members (excludes halogenated alkanes) is 1. The highest BCUT2D eigenvalue weighted by Crippen LogP contribution is 2.24. The Balaban J connectivity index is 4.75. The lowest BCUT2D eigenvalue weighted by molar-refractivity contribution is -0.799. The molecule has 0 aromatic heterocycles. The zero-order chi connectivity index (χ0) is 11.2. The van der Waals surface area contributed by atoms with E-state index in [9.17, 15) is 20.2 Å². The van der Waals surface area contributed by atoms with Crippen LogP contribution in [0.5, 0.6) is 0 Å². The summed E-state index contributed by atoms with van der Waals surface area (Å²) in [4.78, 5) is 20.0. The fraction of sp³-hybridized carbons (Fsp3) is 1.00. The highest BCUT2D eigenvalue weighted by Gasteiger charge is 2.53. The van der Waals surface area contributed by atoms with Gasteiger partial charge in [0.1, 0.15) is 0 Å². The number of nitro groups is 2. The fourth-order valence-corrected chi connectivity index (χ4v) is 1.42. The van der Waals surface area contributed by atoms with Crippen molar-refractivity contribution in [3.05, 3.63) is 20.2 Å². The van der Waals surface area contributed by atoms with E-state index in [1.807, 2.05) is 6.92 Å². The van der Waals surface area contributed by atoms with Crippen molar-refractivity contribution in [3.8, 4) is 0 Å². The van der Waals surface area contributed by atoms with E-state index in [0.29, 0.717) is 12.8 Å². The first-order chi connectivity index (χ1) is 6.51. The van der Waals surface area contributed by atoms with E-state index in [0.717, 1.165) is 6.42 Å². The molecule has 0 atom stereocenters. The standard InChI is InChI=1S/C8H16N2O4/c1-3-5-7-8(6-4-2,9(11)12)10(13)14/h3-7H2,1-2H3. The molecule has 82 valence electrons. The van der Waals surface area contributed by atoms with E-state index in [1.54, 1.807) is 6.92 Å². The Morgan fingerprint density at radius 1 is 1.00 bits per heavy atom. The number of hydrogen-bond acceptors (Lipinski definition) is 4. The van der Waals surface area contributed by atoms with Gasteiger partial charge in [0.25, 0.3) is 0 Å². The summed E-state index contributed by atoms with van der Waals surface area (Å²) in [6.07, 6.45) is 1.73. The van der Waals surface area contributed by atoms with E-state index in [2.05, 4.69) is 0 Å². The summed E-state index contributed by atoms with van der Waals surface area (Å²) in [5.74, 6) is 0. The monoisotopic (exact) mass is 204 g/mol. The van der Waals surface area contributed by atoms with Gasteiger partial charge in [0.15, 0.2) is 0 Å². The van der Waals surface area contributed by atoms with Crippen LogP contribution in [-0.2, 0) is 0 Å². The minimum Gasteiger partial charge on any atom is -0.258 e. The Morgan fingerprint density at radius 2 is 1.50 bits per heavy atom. The Morgan fingerprint density at radius 3 is 1.79 bits per heavy atom. The van der Waals surface area contributed by atoms with E-state index in [1.165, 1.54) is 0 Å². The molecule has 0 aromatic rings. The van der Waals surface area contributed by atoms with Crippen LogP contribution in [0.15, 0.2) is 0 Å². The Labute approximate surface area is 82.6 Å². The Kier molecular flexibility index (Phi) is 5.04. The quantitative estimate of drug-likeness (QED) is 0.361. The van der Waals surface area contributed by atoms with Crippen molar-refractivity contribution in [1.29, 1.82) is 0 Å². The van der Waals surface area contributed by atoms with Gasteiger partial charge in [-0.05, 0) is 12.8 Å². The molecule has 0 aliphatic carbocycles. The summed E-state index contributed by atoms with van der Waals surface area (Å²) in [5.41, 5.74) is -1.95. The molecule has 0 amide bonds. The fourth-order valence-electron chi connectivity index (χ4n) is 1.42. The zero-order valence-corrected chi connectivity index (χ0v) is 8.56. The van der Waals surface area contributed by atoms with Crippen molar-refractivity contribution in [1.82, 2.24) is 0 Å². The molecular formula is C8H16N2O4. The van der Waals surface area contributed by atoms with Crippen LogP contribution in [0.4, 0.5) is 0 Å². The molecule has 0 aliphatic rings. The van der Waals surface area contributed by atoms with Crippen LogP contribution in [0.1, 0.15) is 46.0 Å². The number of hydrogen-bond donors (Lipinski definition) is 0. The van der Waals surface area contributed by atoms with Crippen LogP contribution in [0, 0.1) is 20.2 Å². The summed E-state index contributed by atoms with van der Waals surface area (Å²) in [7, 11) is 0. The maximum Gasteiger partial charge on any atom is 0.458 e. The summed E-state index contributed by atoms with van der Waals surface area (Å²) in [6.45, 7) is 3.57. The van der Waals surface area contributed by atoms with Gasteiger partial charge in [-0.25, -0.2) is 0 Å². The van der Waals surface area contributed by atoms with Crippen molar-refractivity contribution in [3.63, 3.8) is 0 Å². The minimum absolute atomic E-state index is 0.00694. The lowest BCUT2D eigenvalue weighted by Gasteiger charge is -2.15. The molecule has 0 aromatic carbocycles. The third-order valence-electron chi connectivity index (χ3n) is 2.26. The molecule has 6 heteroatoms. The van der Waals surface area contributed by atoms with Gasteiger partial charge in [-0.1, -0.05) is 20.3 Å². The van der Waals surface area contributed by atoms with Crippen molar-refractivity contribution >= 4 is 0 Å². The summed E-state index contributed by atoms with van der Waals surface area (Å²) in [5, 5.41) is 21.4. The normalized spacial score (nSPS) is 11.3. The maximum absolute atomic E-state index is 10.7. The highest BCUT2D eigenvalue weighted by atomic mass is 16.7. The molecule has 0 rings (SSSR count). The van der Waals surface area contributed by atoms with E-state index >= 15 is 0 Å². The van der Waals surface area contributed by atoms with E-state index in [-0.39, 0.29) is 12.8 Å². The molecule has 0 heterocycles. The lowest BCUT2D eigenvalue weighted by Crippen LogP contribution is -2.46. The molecule has 6 nitrogen and oxygen atoms in total. The topological polar surface area (TPSA) is 86.3 Å². The summed E-state index contributed by atoms with van der Waals surface area (Å²) < 4.78 is 0. The second-order valence-corrected chi connectivity index (χ2v) is 3.35. The van der Waals surface area contributed by atoms with Crippen molar-refractivity contribution < 1.29 is 9.85 Å². The molecule has 0 bridgehead atoms. The predicted molar refractivity (Wildman–Crippen MR) is 51.2 cm³/mol. The highest BCUT2D eigenvalue weighted by molar-refractivity contribution is 4.66. The predicted octanol–water partition coefficient (Wildman–Crippen LogP) is 2.23. The van der Waals surface area contributed by atoms with Crippen molar-refractivity contribution in [2.45, 2.75) is 51.6 Å². The first kappa shape index (κ1) is 12.8. The van der Waals surface area contributed by atoms with Crippen LogP contribution in [-0.4, -0.2) is 15.5 Å². The van der Waals surface area contributed by atoms with Crippen molar-refractivity contribution in [2.24, 2.45) is 0 Å². The van der Waals surface area contributed by atoms with Crippen LogP contribution >= 0.6 is 0 Å². The van der Waals surface area contributed by atoms with Gasteiger partial charge < -0.3 is 0 Å². The first-order valence-electron chi connectivity index (χ1n) is 4.80. The molecule has 0 spiro atoms.